The predicted octanol–water partition coefficient (Wildman–Crippen LogP) is 3.99. The summed E-state index contributed by atoms with van der Waals surface area (Å²) in [5.74, 6) is 1.26. The number of phenolic OH excluding ortho intramolecular Hbond substituents is 1. The van der Waals surface area contributed by atoms with E-state index in [9.17, 15) is 9.90 Å². The number of carbonyl (C=O) groups is 1. The number of fused-ring (bicyclic) bond motifs is 1. The molecule has 1 amide bonds. The summed E-state index contributed by atoms with van der Waals surface area (Å²) < 4.78 is 16.8. The molecular formula is C23H25NO5. The molecule has 1 aliphatic rings. The zero-order chi connectivity index (χ0) is 20.5. The maximum atomic E-state index is 12.7. The number of hydrogen-bond donors (Lipinski definition) is 1. The Hall–Kier alpha value is -2.99. The van der Waals surface area contributed by atoms with E-state index in [4.69, 9.17) is 13.9 Å². The normalized spacial score (nSPS) is 19.5. The largest absolute Gasteiger partial charge is 0.504 e. The predicted molar refractivity (Wildman–Crippen MR) is 110 cm³/mol. The molecule has 2 atom stereocenters. The number of benzene rings is 2. The molecule has 1 saturated heterocycles. The molecule has 6 heteroatoms. The van der Waals surface area contributed by atoms with Gasteiger partial charge in [-0.3, -0.25) is 4.79 Å². The highest BCUT2D eigenvalue weighted by atomic mass is 16.5. The highest BCUT2D eigenvalue weighted by Crippen LogP contribution is 2.34. The van der Waals surface area contributed by atoms with Crippen LogP contribution in [0.5, 0.6) is 11.5 Å². The SMILES string of the molecule is COc1cc(-c2cc3cc(CC(=O)N4CC(C)OC(C)C4)ccc3o2)ccc1O. The minimum atomic E-state index is 0.0592. The summed E-state index contributed by atoms with van der Waals surface area (Å²) in [4.78, 5) is 14.6. The van der Waals surface area contributed by atoms with E-state index in [0.29, 0.717) is 31.0 Å². The van der Waals surface area contributed by atoms with Crippen molar-refractivity contribution in [3.05, 3.63) is 48.0 Å². The number of morpholine rings is 1. The van der Waals surface area contributed by atoms with Crippen LogP contribution < -0.4 is 4.74 Å². The van der Waals surface area contributed by atoms with Gasteiger partial charge in [-0.1, -0.05) is 6.07 Å². The molecular weight excluding hydrogens is 370 g/mol. The van der Waals surface area contributed by atoms with Crippen LogP contribution in [0.25, 0.3) is 22.3 Å². The fraction of sp³-hybridized carbons (Fsp3) is 0.348. The molecule has 0 radical (unpaired) electrons. The Morgan fingerprint density at radius 1 is 1.14 bits per heavy atom. The number of ether oxygens (including phenoxy) is 2. The van der Waals surface area contributed by atoms with Crippen LogP contribution in [0.2, 0.25) is 0 Å². The van der Waals surface area contributed by atoms with Crippen LogP contribution in [0.4, 0.5) is 0 Å². The van der Waals surface area contributed by atoms with E-state index in [1.165, 1.54) is 7.11 Å². The van der Waals surface area contributed by atoms with Gasteiger partial charge in [-0.15, -0.1) is 0 Å². The summed E-state index contributed by atoms with van der Waals surface area (Å²) in [5.41, 5.74) is 2.51. The zero-order valence-corrected chi connectivity index (χ0v) is 16.8. The van der Waals surface area contributed by atoms with Gasteiger partial charge < -0.3 is 23.9 Å². The molecule has 2 aromatic carbocycles. The molecule has 152 valence electrons. The molecule has 4 rings (SSSR count). The second-order valence-electron chi connectivity index (χ2n) is 7.60. The van der Waals surface area contributed by atoms with Crippen molar-refractivity contribution in [1.82, 2.24) is 4.90 Å². The van der Waals surface area contributed by atoms with E-state index in [1.807, 2.05) is 43.0 Å². The number of hydrogen-bond acceptors (Lipinski definition) is 5. The molecule has 0 aliphatic carbocycles. The highest BCUT2D eigenvalue weighted by Gasteiger charge is 2.25. The van der Waals surface area contributed by atoms with Crippen molar-refractivity contribution in [1.29, 1.82) is 0 Å². The van der Waals surface area contributed by atoms with Crippen molar-refractivity contribution >= 4 is 16.9 Å². The molecule has 0 bridgehead atoms. The lowest BCUT2D eigenvalue weighted by Crippen LogP contribution is -2.48. The standard InChI is InChI=1S/C23H25NO5/c1-14-12-24(13-15(2)28-14)23(26)9-16-4-7-20-18(8-16)11-21(29-20)17-5-6-19(25)22(10-17)27-3/h4-8,10-11,14-15,25H,9,12-13H2,1-3H3. The number of carbonyl (C=O) groups excluding carboxylic acids is 1. The molecule has 1 aliphatic heterocycles. The van der Waals surface area contributed by atoms with Crippen molar-refractivity contribution in [3.63, 3.8) is 0 Å². The second kappa shape index (κ2) is 7.79. The summed E-state index contributed by atoms with van der Waals surface area (Å²) in [6.45, 7) is 5.24. The molecule has 6 nitrogen and oxygen atoms in total. The third-order valence-electron chi connectivity index (χ3n) is 5.17. The number of phenols is 1. The van der Waals surface area contributed by atoms with Crippen LogP contribution in [0.3, 0.4) is 0 Å². The topological polar surface area (TPSA) is 72.1 Å². The molecule has 3 aromatic rings. The minimum Gasteiger partial charge on any atom is -0.504 e. The second-order valence-corrected chi connectivity index (χ2v) is 7.60. The third kappa shape index (κ3) is 4.07. The fourth-order valence-electron chi connectivity index (χ4n) is 3.84. The Kier molecular flexibility index (Phi) is 5.20. The Balaban J connectivity index is 1.55. The maximum Gasteiger partial charge on any atom is 0.227 e. The molecule has 0 spiro atoms. The van der Waals surface area contributed by atoms with Crippen LogP contribution in [0.15, 0.2) is 46.9 Å². The van der Waals surface area contributed by atoms with Gasteiger partial charge in [-0.2, -0.15) is 0 Å². The van der Waals surface area contributed by atoms with Gasteiger partial charge in [0, 0.05) is 24.0 Å². The number of furan rings is 1. The molecule has 0 saturated carbocycles. The summed E-state index contributed by atoms with van der Waals surface area (Å²) >= 11 is 0. The average Bonchev–Trinajstić information content (AvgIpc) is 3.11. The first-order valence-electron chi connectivity index (χ1n) is 9.76. The van der Waals surface area contributed by atoms with Gasteiger partial charge in [0.25, 0.3) is 0 Å². The van der Waals surface area contributed by atoms with E-state index < -0.39 is 0 Å². The summed E-state index contributed by atoms with van der Waals surface area (Å²) in [6, 6.07) is 12.8. The number of methoxy groups -OCH3 is 1. The van der Waals surface area contributed by atoms with E-state index in [2.05, 4.69) is 0 Å². The van der Waals surface area contributed by atoms with E-state index in [-0.39, 0.29) is 23.9 Å². The zero-order valence-electron chi connectivity index (χ0n) is 16.8. The van der Waals surface area contributed by atoms with Crippen LogP contribution in [0, 0.1) is 0 Å². The summed E-state index contributed by atoms with van der Waals surface area (Å²) in [6.07, 6.45) is 0.468. The number of nitrogens with zero attached hydrogens (tertiary/aromatic N) is 1. The minimum absolute atomic E-state index is 0.0592. The van der Waals surface area contributed by atoms with Crippen LogP contribution in [-0.4, -0.2) is 48.3 Å². The lowest BCUT2D eigenvalue weighted by Gasteiger charge is -2.35. The lowest BCUT2D eigenvalue weighted by molar-refractivity contribution is -0.142. The van der Waals surface area contributed by atoms with Gasteiger partial charge in [-0.25, -0.2) is 0 Å². The summed E-state index contributed by atoms with van der Waals surface area (Å²) in [7, 11) is 1.51. The maximum absolute atomic E-state index is 12.7. The molecule has 2 unspecified atom stereocenters. The van der Waals surface area contributed by atoms with Gasteiger partial charge in [0.2, 0.25) is 5.91 Å². The van der Waals surface area contributed by atoms with Crippen molar-refractivity contribution in [2.45, 2.75) is 32.5 Å². The molecule has 2 heterocycles. The first kappa shape index (κ1) is 19.3. The van der Waals surface area contributed by atoms with E-state index in [0.717, 1.165) is 22.1 Å². The lowest BCUT2D eigenvalue weighted by atomic mass is 10.1. The van der Waals surface area contributed by atoms with Crippen LogP contribution in [-0.2, 0) is 16.0 Å². The molecule has 1 aromatic heterocycles. The molecule has 29 heavy (non-hydrogen) atoms. The molecule has 1 fully saturated rings. The van der Waals surface area contributed by atoms with Crippen LogP contribution >= 0.6 is 0 Å². The first-order valence-corrected chi connectivity index (χ1v) is 9.76. The Labute approximate surface area is 169 Å². The Morgan fingerprint density at radius 2 is 1.90 bits per heavy atom. The number of rotatable bonds is 4. The highest BCUT2D eigenvalue weighted by molar-refractivity contribution is 5.86. The Bertz CT molecular complexity index is 1030. The average molecular weight is 395 g/mol. The van der Waals surface area contributed by atoms with Crippen molar-refractivity contribution in [2.75, 3.05) is 20.2 Å². The first-order chi connectivity index (χ1) is 13.9. The van der Waals surface area contributed by atoms with Gasteiger partial charge in [-0.05, 0) is 55.8 Å². The monoisotopic (exact) mass is 395 g/mol. The number of aromatic hydroxyl groups is 1. The quantitative estimate of drug-likeness (QED) is 0.723. The number of amides is 1. The van der Waals surface area contributed by atoms with Crippen molar-refractivity contribution < 1.29 is 23.8 Å². The van der Waals surface area contributed by atoms with Crippen LogP contribution in [0.1, 0.15) is 19.4 Å². The van der Waals surface area contributed by atoms with Crippen molar-refractivity contribution in [2.24, 2.45) is 0 Å². The third-order valence-corrected chi connectivity index (χ3v) is 5.17. The van der Waals surface area contributed by atoms with Gasteiger partial charge >= 0.3 is 0 Å². The van der Waals surface area contributed by atoms with Gasteiger partial charge in [0.15, 0.2) is 11.5 Å². The van der Waals surface area contributed by atoms with E-state index >= 15 is 0 Å². The van der Waals surface area contributed by atoms with Gasteiger partial charge in [0.1, 0.15) is 11.3 Å². The van der Waals surface area contributed by atoms with Crippen molar-refractivity contribution in [3.8, 4) is 22.8 Å². The summed E-state index contributed by atoms with van der Waals surface area (Å²) in [5, 5.41) is 10.7. The van der Waals surface area contributed by atoms with Gasteiger partial charge in [0.05, 0.1) is 25.7 Å². The molecule has 1 N–H and O–H groups in total. The Morgan fingerprint density at radius 3 is 2.62 bits per heavy atom. The smallest absolute Gasteiger partial charge is 0.227 e. The fourth-order valence-corrected chi connectivity index (χ4v) is 3.84. The van der Waals surface area contributed by atoms with E-state index in [1.54, 1.807) is 18.2 Å².